The van der Waals surface area contributed by atoms with Crippen molar-refractivity contribution in [2.24, 2.45) is 5.41 Å². The Morgan fingerprint density at radius 3 is 2.50 bits per heavy atom. The van der Waals surface area contributed by atoms with Crippen molar-refractivity contribution in [3.8, 4) is 5.75 Å². The third-order valence-corrected chi connectivity index (χ3v) is 9.70. The topological polar surface area (TPSA) is 106 Å². The number of amides is 2. The fraction of sp³-hybridized carbons (Fsp3) is 0.613. The maximum atomic E-state index is 14.7. The molecule has 1 aromatic carbocycles. The van der Waals surface area contributed by atoms with Gasteiger partial charge in [-0.1, -0.05) is 0 Å². The standard InChI is InChI=1S/C31H42F2N8O3/c1-20(2)41-19-31(32,33)28(43)38(3)24-16-35-29(37-26(24)41)36-23-6-5-21(15-25(23)44-4)27(42)39-13-7-22(8-14-39)40-17-30(18-40)9-11-34-12-10-30/h5-6,15-16,20,22,34H,7-14,17-19H2,1-4H3,(H,35,36,37). The Bertz CT molecular complexity index is 1400. The highest BCUT2D eigenvalue weighted by atomic mass is 19.3. The number of halogens is 2. The van der Waals surface area contributed by atoms with Gasteiger partial charge >= 0.3 is 5.92 Å². The number of likely N-dealkylation sites (tertiary alicyclic amines) is 2. The maximum Gasteiger partial charge on any atom is 0.342 e. The summed E-state index contributed by atoms with van der Waals surface area (Å²) >= 11 is 0. The lowest BCUT2D eigenvalue weighted by Gasteiger charge is -2.56. The summed E-state index contributed by atoms with van der Waals surface area (Å²) in [6.07, 6.45) is 5.85. The molecular formula is C31H42F2N8O3. The van der Waals surface area contributed by atoms with E-state index in [0.29, 0.717) is 28.5 Å². The Balaban J connectivity index is 1.12. The smallest absolute Gasteiger partial charge is 0.342 e. The van der Waals surface area contributed by atoms with Crippen LogP contribution in [0.2, 0.25) is 0 Å². The lowest BCUT2D eigenvalue weighted by molar-refractivity contribution is -0.140. The number of nitrogens with one attached hydrogen (secondary N) is 2. The molecule has 0 unspecified atom stereocenters. The van der Waals surface area contributed by atoms with Crippen molar-refractivity contribution in [2.75, 3.05) is 75.1 Å². The zero-order valence-corrected chi connectivity index (χ0v) is 25.9. The lowest BCUT2D eigenvalue weighted by atomic mass is 9.71. The van der Waals surface area contributed by atoms with Crippen LogP contribution in [0.15, 0.2) is 24.4 Å². The molecule has 2 aromatic rings. The molecule has 44 heavy (non-hydrogen) atoms. The number of methoxy groups -OCH3 is 1. The minimum absolute atomic E-state index is 0.0331. The second-order valence-corrected chi connectivity index (χ2v) is 12.9. The first-order valence-corrected chi connectivity index (χ1v) is 15.5. The van der Waals surface area contributed by atoms with Crippen LogP contribution < -0.4 is 25.2 Å². The van der Waals surface area contributed by atoms with Gasteiger partial charge in [0.2, 0.25) is 5.95 Å². The van der Waals surface area contributed by atoms with Gasteiger partial charge in [0, 0.05) is 50.9 Å². The normalized spacial score (nSPS) is 22.1. The molecule has 2 amide bonds. The Labute approximate surface area is 256 Å². The summed E-state index contributed by atoms with van der Waals surface area (Å²) in [5.74, 6) is -4.10. The van der Waals surface area contributed by atoms with Gasteiger partial charge in [0.1, 0.15) is 11.4 Å². The number of hydrogen-bond donors (Lipinski definition) is 2. The van der Waals surface area contributed by atoms with E-state index in [0.717, 1.165) is 43.9 Å². The van der Waals surface area contributed by atoms with Crippen LogP contribution in [0.5, 0.6) is 5.75 Å². The number of carbonyl (C=O) groups is 2. The van der Waals surface area contributed by atoms with E-state index < -0.39 is 18.4 Å². The number of nitrogens with zero attached hydrogens (tertiary/aromatic N) is 6. The molecule has 3 fully saturated rings. The van der Waals surface area contributed by atoms with Gasteiger partial charge in [0.25, 0.3) is 11.8 Å². The summed E-state index contributed by atoms with van der Waals surface area (Å²) in [4.78, 5) is 41.5. The van der Waals surface area contributed by atoms with Crippen molar-refractivity contribution >= 4 is 35.0 Å². The molecule has 13 heteroatoms. The average molecular weight is 613 g/mol. The van der Waals surface area contributed by atoms with Crippen LogP contribution >= 0.6 is 0 Å². The second-order valence-electron chi connectivity index (χ2n) is 12.9. The van der Waals surface area contributed by atoms with Crippen molar-refractivity contribution < 1.29 is 23.1 Å². The minimum Gasteiger partial charge on any atom is -0.495 e. The van der Waals surface area contributed by atoms with Crippen LogP contribution in [0.3, 0.4) is 0 Å². The third-order valence-electron chi connectivity index (χ3n) is 9.70. The molecule has 0 saturated carbocycles. The summed E-state index contributed by atoms with van der Waals surface area (Å²) in [6, 6.07) is 5.37. The summed E-state index contributed by atoms with van der Waals surface area (Å²) in [6.45, 7) is 8.81. The summed E-state index contributed by atoms with van der Waals surface area (Å²) in [7, 11) is 2.82. The first-order chi connectivity index (χ1) is 21.0. The van der Waals surface area contributed by atoms with Gasteiger partial charge in [0.15, 0.2) is 5.82 Å². The van der Waals surface area contributed by atoms with Gasteiger partial charge in [-0.15, -0.1) is 0 Å². The monoisotopic (exact) mass is 612 g/mol. The zero-order valence-electron chi connectivity index (χ0n) is 25.9. The van der Waals surface area contributed by atoms with Gasteiger partial charge in [-0.25, -0.2) is 4.98 Å². The van der Waals surface area contributed by atoms with Gasteiger partial charge in [-0.05, 0) is 76.2 Å². The predicted molar refractivity (Wildman–Crippen MR) is 164 cm³/mol. The molecule has 238 valence electrons. The Hall–Kier alpha value is -3.58. The number of alkyl halides is 2. The summed E-state index contributed by atoms with van der Waals surface area (Å²) in [5.41, 5.74) is 1.75. The molecule has 1 spiro atoms. The Kier molecular flexibility index (Phi) is 8.12. The number of rotatable bonds is 6. The fourth-order valence-corrected chi connectivity index (χ4v) is 7.02. The van der Waals surface area contributed by atoms with E-state index in [1.807, 2.05) is 4.90 Å². The molecule has 6 rings (SSSR count). The van der Waals surface area contributed by atoms with Gasteiger partial charge < -0.3 is 30.1 Å². The van der Waals surface area contributed by atoms with Gasteiger partial charge in [0.05, 0.1) is 25.5 Å². The maximum absolute atomic E-state index is 14.7. The Morgan fingerprint density at radius 2 is 1.84 bits per heavy atom. The lowest BCUT2D eigenvalue weighted by Crippen LogP contribution is -2.64. The predicted octanol–water partition coefficient (Wildman–Crippen LogP) is 3.35. The molecule has 4 aliphatic rings. The largest absolute Gasteiger partial charge is 0.495 e. The van der Waals surface area contributed by atoms with Crippen molar-refractivity contribution in [1.82, 2.24) is 25.1 Å². The number of benzene rings is 1. The van der Waals surface area contributed by atoms with E-state index in [2.05, 4.69) is 25.5 Å². The summed E-state index contributed by atoms with van der Waals surface area (Å²) in [5, 5.41) is 6.57. The molecule has 1 aromatic heterocycles. The van der Waals surface area contributed by atoms with Crippen molar-refractivity contribution in [3.05, 3.63) is 30.0 Å². The number of ether oxygens (including phenoxy) is 1. The van der Waals surface area contributed by atoms with E-state index in [4.69, 9.17) is 4.74 Å². The molecule has 5 heterocycles. The molecule has 11 nitrogen and oxygen atoms in total. The number of anilines is 4. The van der Waals surface area contributed by atoms with Gasteiger partial charge in [-0.3, -0.25) is 14.5 Å². The summed E-state index contributed by atoms with van der Waals surface area (Å²) < 4.78 is 34.9. The van der Waals surface area contributed by atoms with E-state index in [1.54, 1.807) is 32.0 Å². The average Bonchev–Trinajstić information content (AvgIpc) is 3.08. The molecular weight excluding hydrogens is 570 g/mol. The number of hydrogen-bond acceptors (Lipinski definition) is 9. The zero-order chi connectivity index (χ0) is 31.2. The van der Waals surface area contributed by atoms with Crippen LogP contribution in [-0.4, -0.2) is 110 Å². The van der Waals surface area contributed by atoms with E-state index in [9.17, 15) is 18.4 Å². The van der Waals surface area contributed by atoms with Crippen molar-refractivity contribution in [3.63, 3.8) is 0 Å². The third kappa shape index (κ3) is 5.67. The van der Waals surface area contributed by atoms with E-state index in [-0.39, 0.29) is 29.4 Å². The molecule has 4 aliphatic heterocycles. The van der Waals surface area contributed by atoms with E-state index in [1.165, 1.54) is 51.2 Å². The first-order valence-electron chi connectivity index (χ1n) is 15.5. The van der Waals surface area contributed by atoms with Crippen LogP contribution in [0.1, 0.15) is 49.9 Å². The second kappa shape index (κ2) is 11.7. The van der Waals surface area contributed by atoms with E-state index >= 15 is 0 Å². The highest BCUT2D eigenvalue weighted by Gasteiger charge is 2.48. The molecule has 0 radical (unpaired) electrons. The molecule has 0 bridgehead atoms. The molecule has 0 atom stereocenters. The molecule has 2 N–H and O–H groups in total. The van der Waals surface area contributed by atoms with Crippen molar-refractivity contribution in [2.45, 2.75) is 57.5 Å². The van der Waals surface area contributed by atoms with Crippen molar-refractivity contribution in [1.29, 1.82) is 0 Å². The van der Waals surface area contributed by atoms with Crippen LogP contribution in [-0.2, 0) is 4.79 Å². The highest BCUT2D eigenvalue weighted by Crippen LogP contribution is 2.41. The molecule has 0 aliphatic carbocycles. The van der Waals surface area contributed by atoms with Gasteiger partial charge in [-0.2, -0.15) is 13.8 Å². The van der Waals surface area contributed by atoms with Crippen LogP contribution in [0.25, 0.3) is 0 Å². The minimum atomic E-state index is -3.57. The van der Waals surface area contributed by atoms with Crippen LogP contribution in [0, 0.1) is 5.41 Å². The SMILES string of the molecule is COc1cc(C(=O)N2CCC(N3CC4(CCNCC4)C3)CC2)ccc1Nc1ncc2c(n1)N(C(C)C)CC(F)(F)C(=O)N2C. The first kappa shape index (κ1) is 30.4. The Morgan fingerprint density at radius 1 is 1.14 bits per heavy atom. The number of carbonyl (C=O) groups excluding carboxylic acids is 2. The number of fused-ring (bicyclic) bond motifs is 1. The molecule has 3 saturated heterocycles. The fourth-order valence-electron chi connectivity index (χ4n) is 7.02. The van der Waals surface area contributed by atoms with Crippen LogP contribution in [0.4, 0.5) is 31.9 Å². The quantitative estimate of drug-likeness (QED) is 0.508. The number of piperidine rings is 2. The highest BCUT2D eigenvalue weighted by molar-refractivity contribution is 6.02. The number of aromatic nitrogens is 2.